The first-order valence-corrected chi connectivity index (χ1v) is 15.2. The predicted molar refractivity (Wildman–Crippen MR) is 138 cm³/mol. The molecule has 0 atom stereocenters. The van der Waals surface area contributed by atoms with E-state index in [-0.39, 0.29) is 29.6 Å². The maximum absolute atomic E-state index is 12.9. The normalized spacial score (nSPS) is 16.9. The number of morpholine rings is 1. The molecule has 0 spiro atoms. The third-order valence-corrected chi connectivity index (χ3v) is 9.30. The fourth-order valence-electron chi connectivity index (χ4n) is 4.31. The summed E-state index contributed by atoms with van der Waals surface area (Å²) in [6.45, 7) is 1.84. The second-order valence-corrected chi connectivity index (χ2v) is 12.7. The summed E-state index contributed by atoms with van der Waals surface area (Å²) >= 11 is 0. The minimum atomic E-state index is -3.89. The molecule has 37 heavy (non-hydrogen) atoms. The van der Waals surface area contributed by atoms with E-state index in [0.717, 1.165) is 23.4 Å². The van der Waals surface area contributed by atoms with Gasteiger partial charge in [-0.3, -0.25) is 13.9 Å². The highest BCUT2D eigenvalue weighted by Gasteiger charge is 2.28. The van der Waals surface area contributed by atoms with E-state index in [1.54, 1.807) is 29.2 Å². The Morgan fingerprint density at radius 3 is 2.16 bits per heavy atom. The first-order valence-electron chi connectivity index (χ1n) is 11.9. The summed E-state index contributed by atoms with van der Waals surface area (Å²) in [7, 11) is -7.65. The average Bonchev–Trinajstić information content (AvgIpc) is 3.42. The average molecular weight is 551 g/mol. The van der Waals surface area contributed by atoms with Gasteiger partial charge in [0.25, 0.3) is 5.91 Å². The standard InChI is InChI=1S/C24H30N4O7S2/c1-36(31,32)28(19-8-10-20(11-9-19)37(33,34)27-14-16-35-17-15-27)18-23(29)25-22-7-3-2-6-21(22)24(30)26-12-4-5-13-26/h2-3,6-11H,4-5,12-18H2,1H3,(H,25,29). The van der Waals surface area contributed by atoms with Crippen molar-refractivity contribution in [1.82, 2.24) is 9.21 Å². The Hall–Kier alpha value is -3.00. The maximum Gasteiger partial charge on any atom is 0.255 e. The van der Waals surface area contributed by atoms with E-state index in [1.807, 2.05) is 0 Å². The van der Waals surface area contributed by atoms with E-state index in [0.29, 0.717) is 37.6 Å². The van der Waals surface area contributed by atoms with E-state index in [4.69, 9.17) is 4.74 Å². The van der Waals surface area contributed by atoms with Crippen molar-refractivity contribution in [2.24, 2.45) is 0 Å². The number of anilines is 2. The van der Waals surface area contributed by atoms with Gasteiger partial charge in [0.2, 0.25) is 26.0 Å². The molecule has 2 saturated heterocycles. The molecule has 0 radical (unpaired) electrons. The number of nitrogens with one attached hydrogen (secondary N) is 1. The smallest absolute Gasteiger partial charge is 0.255 e. The number of sulfonamides is 2. The minimum Gasteiger partial charge on any atom is -0.379 e. The highest BCUT2D eigenvalue weighted by Crippen LogP contribution is 2.24. The summed E-state index contributed by atoms with van der Waals surface area (Å²) in [6, 6.07) is 11.9. The minimum absolute atomic E-state index is 0.0189. The summed E-state index contributed by atoms with van der Waals surface area (Å²) in [5, 5.41) is 2.66. The van der Waals surface area contributed by atoms with Crippen molar-refractivity contribution in [3.05, 3.63) is 54.1 Å². The van der Waals surface area contributed by atoms with Gasteiger partial charge in [-0.2, -0.15) is 4.31 Å². The zero-order chi connectivity index (χ0) is 26.6. The van der Waals surface area contributed by atoms with Gasteiger partial charge in [0.05, 0.1) is 41.3 Å². The van der Waals surface area contributed by atoms with Gasteiger partial charge in [-0.1, -0.05) is 12.1 Å². The van der Waals surface area contributed by atoms with Crippen molar-refractivity contribution in [1.29, 1.82) is 0 Å². The molecule has 200 valence electrons. The van der Waals surface area contributed by atoms with Crippen molar-refractivity contribution in [2.75, 3.05) is 61.8 Å². The van der Waals surface area contributed by atoms with Crippen LogP contribution in [0.15, 0.2) is 53.4 Å². The third-order valence-electron chi connectivity index (χ3n) is 6.24. The van der Waals surface area contributed by atoms with Crippen LogP contribution in [-0.4, -0.2) is 90.0 Å². The molecule has 11 nitrogen and oxygen atoms in total. The number of amides is 2. The van der Waals surface area contributed by atoms with Crippen molar-refractivity contribution in [2.45, 2.75) is 17.7 Å². The quantitative estimate of drug-likeness (QED) is 0.525. The molecule has 1 N–H and O–H groups in total. The van der Waals surface area contributed by atoms with Gasteiger partial charge in [0.15, 0.2) is 0 Å². The number of hydrogen-bond acceptors (Lipinski definition) is 7. The molecule has 0 saturated carbocycles. The lowest BCUT2D eigenvalue weighted by Crippen LogP contribution is -2.40. The fraction of sp³-hybridized carbons (Fsp3) is 0.417. The molecule has 2 fully saturated rings. The van der Waals surface area contributed by atoms with E-state index >= 15 is 0 Å². The number of nitrogens with zero attached hydrogens (tertiary/aromatic N) is 3. The Morgan fingerprint density at radius 1 is 0.919 bits per heavy atom. The summed E-state index contributed by atoms with van der Waals surface area (Å²) in [5.74, 6) is -0.831. The number of carbonyl (C=O) groups excluding carboxylic acids is 2. The molecule has 2 aliphatic heterocycles. The van der Waals surface area contributed by atoms with Gasteiger partial charge in [0.1, 0.15) is 6.54 Å². The van der Waals surface area contributed by atoms with Crippen LogP contribution >= 0.6 is 0 Å². The second-order valence-electron chi connectivity index (χ2n) is 8.87. The van der Waals surface area contributed by atoms with Gasteiger partial charge in [-0.05, 0) is 49.2 Å². The first kappa shape index (κ1) is 27.0. The van der Waals surface area contributed by atoms with Crippen LogP contribution < -0.4 is 9.62 Å². The zero-order valence-corrected chi connectivity index (χ0v) is 22.1. The summed E-state index contributed by atoms with van der Waals surface area (Å²) in [4.78, 5) is 27.5. The molecule has 0 aromatic heterocycles. The highest BCUT2D eigenvalue weighted by molar-refractivity contribution is 7.92. The molecular formula is C24H30N4O7S2. The van der Waals surface area contributed by atoms with E-state index < -0.39 is 32.5 Å². The topological polar surface area (TPSA) is 133 Å². The third kappa shape index (κ3) is 6.29. The van der Waals surface area contributed by atoms with E-state index in [2.05, 4.69) is 5.32 Å². The summed E-state index contributed by atoms with van der Waals surface area (Å²) in [5.41, 5.74) is 0.770. The number of ether oxygens (including phenoxy) is 1. The van der Waals surface area contributed by atoms with Crippen LogP contribution in [-0.2, 0) is 29.6 Å². The number of hydrogen-bond donors (Lipinski definition) is 1. The monoisotopic (exact) mass is 550 g/mol. The van der Waals surface area contributed by atoms with E-state index in [1.165, 1.54) is 28.6 Å². The van der Waals surface area contributed by atoms with Gasteiger partial charge >= 0.3 is 0 Å². The number of benzene rings is 2. The lowest BCUT2D eigenvalue weighted by molar-refractivity contribution is -0.114. The number of carbonyl (C=O) groups is 2. The molecule has 0 unspecified atom stereocenters. The Balaban J connectivity index is 1.51. The summed E-state index contributed by atoms with van der Waals surface area (Å²) < 4.78 is 58.2. The molecule has 13 heteroatoms. The Kier molecular flexibility index (Phi) is 8.17. The van der Waals surface area contributed by atoms with Crippen molar-refractivity contribution >= 4 is 43.2 Å². The molecule has 2 aromatic rings. The largest absolute Gasteiger partial charge is 0.379 e. The molecular weight excluding hydrogens is 520 g/mol. The second kappa shape index (κ2) is 11.2. The van der Waals surface area contributed by atoms with Crippen molar-refractivity contribution in [3.8, 4) is 0 Å². The van der Waals surface area contributed by atoms with Crippen LogP contribution in [0, 0.1) is 0 Å². The molecule has 4 rings (SSSR count). The number of likely N-dealkylation sites (tertiary alicyclic amines) is 1. The Labute approximate surface area is 217 Å². The van der Waals surface area contributed by atoms with Crippen LogP contribution in [0.1, 0.15) is 23.2 Å². The van der Waals surface area contributed by atoms with Gasteiger partial charge < -0.3 is 15.0 Å². The van der Waals surface area contributed by atoms with Gasteiger partial charge in [0, 0.05) is 26.2 Å². The lowest BCUT2D eigenvalue weighted by Gasteiger charge is -2.26. The molecule has 2 aromatic carbocycles. The number of rotatable bonds is 8. The highest BCUT2D eigenvalue weighted by atomic mass is 32.2. The van der Waals surface area contributed by atoms with Gasteiger partial charge in [-0.25, -0.2) is 16.8 Å². The predicted octanol–water partition coefficient (Wildman–Crippen LogP) is 1.35. The number of para-hydroxylation sites is 1. The summed E-state index contributed by atoms with van der Waals surface area (Å²) in [6.07, 6.45) is 2.82. The zero-order valence-electron chi connectivity index (χ0n) is 20.5. The van der Waals surface area contributed by atoms with Crippen molar-refractivity contribution in [3.63, 3.8) is 0 Å². The fourth-order valence-corrected chi connectivity index (χ4v) is 6.57. The van der Waals surface area contributed by atoms with Gasteiger partial charge in [-0.15, -0.1) is 0 Å². The van der Waals surface area contributed by atoms with Crippen LogP contribution in [0.3, 0.4) is 0 Å². The SMILES string of the molecule is CS(=O)(=O)N(CC(=O)Nc1ccccc1C(=O)N1CCCC1)c1ccc(S(=O)(=O)N2CCOCC2)cc1. The maximum atomic E-state index is 12.9. The van der Waals surface area contributed by atoms with Crippen molar-refractivity contribution < 1.29 is 31.2 Å². The molecule has 2 heterocycles. The first-order chi connectivity index (χ1) is 17.6. The Bertz CT molecular complexity index is 1350. The lowest BCUT2D eigenvalue weighted by atomic mass is 10.1. The van der Waals surface area contributed by atoms with Crippen LogP contribution in [0.2, 0.25) is 0 Å². The Morgan fingerprint density at radius 2 is 1.54 bits per heavy atom. The van der Waals surface area contributed by atoms with Crippen LogP contribution in [0.5, 0.6) is 0 Å². The van der Waals surface area contributed by atoms with Crippen LogP contribution in [0.4, 0.5) is 11.4 Å². The molecule has 0 bridgehead atoms. The molecule has 2 amide bonds. The van der Waals surface area contributed by atoms with E-state index in [9.17, 15) is 26.4 Å². The molecule has 0 aliphatic carbocycles. The van der Waals surface area contributed by atoms with Crippen LogP contribution in [0.25, 0.3) is 0 Å². The molecule has 2 aliphatic rings.